The van der Waals surface area contributed by atoms with Gasteiger partial charge in [0.1, 0.15) is 6.07 Å². The van der Waals surface area contributed by atoms with Crippen LogP contribution in [0.15, 0.2) is 17.1 Å². The Morgan fingerprint density at radius 2 is 2.38 bits per heavy atom. The standard InChI is InChI=1S/C8H10N4S/c1-5-2-3-13-8(5)7(10)6(4-9)12-11/h2-3,12H,10-11H2,1H3/b7-6-. The van der Waals surface area contributed by atoms with Gasteiger partial charge in [-0.2, -0.15) is 5.26 Å². The molecule has 5 heteroatoms. The highest BCUT2D eigenvalue weighted by Crippen LogP contribution is 2.22. The highest BCUT2D eigenvalue weighted by atomic mass is 32.1. The van der Waals surface area contributed by atoms with Gasteiger partial charge in [-0.25, -0.2) is 5.84 Å². The molecule has 4 nitrogen and oxygen atoms in total. The molecule has 0 aliphatic rings. The lowest BCUT2D eigenvalue weighted by Gasteiger charge is -2.03. The largest absolute Gasteiger partial charge is 0.395 e. The maximum atomic E-state index is 8.66. The van der Waals surface area contributed by atoms with Gasteiger partial charge in [0.2, 0.25) is 0 Å². The van der Waals surface area contributed by atoms with Crippen molar-refractivity contribution in [2.24, 2.45) is 11.6 Å². The Morgan fingerprint density at radius 3 is 2.77 bits per heavy atom. The molecule has 13 heavy (non-hydrogen) atoms. The van der Waals surface area contributed by atoms with Crippen LogP contribution < -0.4 is 17.0 Å². The zero-order valence-corrected chi connectivity index (χ0v) is 7.98. The highest BCUT2D eigenvalue weighted by molar-refractivity contribution is 7.11. The van der Waals surface area contributed by atoms with Crippen molar-refractivity contribution in [3.63, 3.8) is 0 Å². The number of nitrogens with two attached hydrogens (primary N) is 2. The molecular formula is C8H10N4S. The molecule has 0 saturated heterocycles. The molecule has 1 heterocycles. The minimum absolute atomic E-state index is 0.200. The molecule has 0 bridgehead atoms. The smallest absolute Gasteiger partial charge is 0.152 e. The van der Waals surface area contributed by atoms with E-state index in [1.165, 1.54) is 11.3 Å². The number of nitriles is 1. The molecule has 0 fully saturated rings. The highest BCUT2D eigenvalue weighted by Gasteiger charge is 2.07. The topological polar surface area (TPSA) is 87.9 Å². The van der Waals surface area contributed by atoms with Crippen molar-refractivity contribution in [3.8, 4) is 6.07 Å². The fourth-order valence-electron chi connectivity index (χ4n) is 0.932. The summed E-state index contributed by atoms with van der Waals surface area (Å²) in [7, 11) is 0. The summed E-state index contributed by atoms with van der Waals surface area (Å²) in [6.07, 6.45) is 0. The fraction of sp³-hybridized carbons (Fsp3) is 0.125. The van der Waals surface area contributed by atoms with E-state index in [4.69, 9.17) is 16.8 Å². The van der Waals surface area contributed by atoms with Gasteiger partial charge in [0.15, 0.2) is 5.70 Å². The van der Waals surface area contributed by atoms with E-state index in [1.54, 1.807) is 0 Å². The molecule has 5 N–H and O–H groups in total. The van der Waals surface area contributed by atoms with Crippen LogP contribution >= 0.6 is 11.3 Å². The second-order valence-corrected chi connectivity index (χ2v) is 3.39. The number of aryl methyl sites for hydroxylation is 1. The van der Waals surface area contributed by atoms with Crippen molar-refractivity contribution in [1.82, 2.24) is 5.43 Å². The zero-order chi connectivity index (χ0) is 9.84. The van der Waals surface area contributed by atoms with E-state index in [-0.39, 0.29) is 5.70 Å². The van der Waals surface area contributed by atoms with Crippen LogP contribution in [0, 0.1) is 18.3 Å². The minimum atomic E-state index is 0.200. The molecule has 1 aromatic heterocycles. The number of hydrazine groups is 1. The molecule has 0 amide bonds. The van der Waals surface area contributed by atoms with Gasteiger partial charge in [0, 0.05) is 0 Å². The van der Waals surface area contributed by atoms with Gasteiger partial charge in [-0.3, -0.25) is 0 Å². The van der Waals surface area contributed by atoms with Crippen LogP contribution in [-0.4, -0.2) is 0 Å². The number of rotatable bonds is 2. The van der Waals surface area contributed by atoms with Crippen molar-refractivity contribution in [3.05, 3.63) is 27.6 Å². The first-order chi connectivity index (χ1) is 6.20. The van der Waals surface area contributed by atoms with Gasteiger partial charge in [0.25, 0.3) is 0 Å². The van der Waals surface area contributed by atoms with Crippen molar-refractivity contribution in [2.75, 3.05) is 0 Å². The van der Waals surface area contributed by atoms with Gasteiger partial charge in [0.05, 0.1) is 10.6 Å². The summed E-state index contributed by atoms with van der Waals surface area (Å²) in [5, 5.41) is 10.6. The first kappa shape index (κ1) is 9.58. The molecule has 1 aromatic rings. The molecule has 0 aliphatic heterocycles. The Balaban J connectivity index is 3.17. The van der Waals surface area contributed by atoms with Crippen molar-refractivity contribution in [2.45, 2.75) is 6.92 Å². The van der Waals surface area contributed by atoms with Crippen LogP contribution in [0.1, 0.15) is 10.4 Å². The minimum Gasteiger partial charge on any atom is -0.395 e. The van der Waals surface area contributed by atoms with Gasteiger partial charge in [-0.1, -0.05) is 0 Å². The monoisotopic (exact) mass is 194 g/mol. The third-order valence-corrected chi connectivity index (χ3v) is 2.68. The third kappa shape index (κ3) is 1.80. The van der Waals surface area contributed by atoms with E-state index in [9.17, 15) is 0 Å². The van der Waals surface area contributed by atoms with E-state index in [0.29, 0.717) is 5.70 Å². The molecule has 0 unspecified atom stereocenters. The second-order valence-electron chi connectivity index (χ2n) is 2.48. The van der Waals surface area contributed by atoms with Crippen molar-refractivity contribution < 1.29 is 0 Å². The number of hydrogen-bond acceptors (Lipinski definition) is 5. The molecule has 0 aliphatic carbocycles. The molecule has 0 atom stereocenters. The molecule has 0 saturated carbocycles. The van der Waals surface area contributed by atoms with Crippen LogP contribution in [0.25, 0.3) is 5.70 Å². The van der Waals surface area contributed by atoms with Gasteiger partial charge in [-0.05, 0) is 23.9 Å². The number of allylic oxidation sites excluding steroid dienone is 1. The average molecular weight is 194 g/mol. The maximum Gasteiger partial charge on any atom is 0.152 e. The average Bonchev–Trinajstić information content (AvgIpc) is 2.53. The zero-order valence-electron chi connectivity index (χ0n) is 7.16. The molecule has 68 valence electrons. The van der Waals surface area contributed by atoms with Crippen LogP contribution in [0.3, 0.4) is 0 Å². The lowest BCUT2D eigenvalue weighted by atomic mass is 10.2. The number of nitrogens with one attached hydrogen (secondary N) is 1. The summed E-state index contributed by atoms with van der Waals surface area (Å²) in [4.78, 5) is 0.884. The van der Waals surface area contributed by atoms with Crippen molar-refractivity contribution in [1.29, 1.82) is 5.26 Å². The normalized spacial score (nSPS) is 11.8. The Labute approximate surface area is 80.4 Å². The first-order valence-electron chi connectivity index (χ1n) is 3.61. The lowest BCUT2D eigenvalue weighted by molar-refractivity contribution is 0.921. The predicted octanol–water partition coefficient (Wildman–Crippen LogP) is 0.671. The van der Waals surface area contributed by atoms with Crippen LogP contribution in [-0.2, 0) is 0 Å². The first-order valence-corrected chi connectivity index (χ1v) is 4.49. The summed E-state index contributed by atoms with van der Waals surface area (Å²) in [5.74, 6) is 5.13. The summed E-state index contributed by atoms with van der Waals surface area (Å²) in [6, 6.07) is 3.84. The Kier molecular flexibility index (Phi) is 2.90. The third-order valence-electron chi connectivity index (χ3n) is 1.63. The predicted molar refractivity (Wildman–Crippen MR) is 53.1 cm³/mol. The summed E-state index contributed by atoms with van der Waals surface area (Å²) in [6.45, 7) is 1.93. The lowest BCUT2D eigenvalue weighted by Crippen LogP contribution is -2.23. The summed E-state index contributed by atoms with van der Waals surface area (Å²) in [5.41, 5.74) is 9.64. The molecule has 0 spiro atoms. The van der Waals surface area contributed by atoms with E-state index < -0.39 is 0 Å². The van der Waals surface area contributed by atoms with E-state index in [0.717, 1.165) is 10.4 Å². The SMILES string of the molecule is Cc1ccsc1/C(N)=C(\C#N)NN. The fourth-order valence-corrected chi connectivity index (χ4v) is 1.82. The Bertz CT molecular complexity index is 372. The molecule has 0 aromatic carbocycles. The van der Waals surface area contributed by atoms with Crippen LogP contribution in [0.4, 0.5) is 0 Å². The van der Waals surface area contributed by atoms with E-state index in [2.05, 4.69) is 5.43 Å². The van der Waals surface area contributed by atoms with E-state index >= 15 is 0 Å². The summed E-state index contributed by atoms with van der Waals surface area (Å²) >= 11 is 1.49. The van der Waals surface area contributed by atoms with Gasteiger partial charge in [-0.15, -0.1) is 11.3 Å². The second kappa shape index (κ2) is 3.94. The van der Waals surface area contributed by atoms with Gasteiger partial charge < -0.3 is 11.2 Å². The quantitative estimate of drug-likeness (QED) is 0.367. The number of thiophene rings is 1. The van der Waals surface area contributed by atoms with Crippen LogP contribution in [0.2, 0.25) is 0 Å². The Hall–Kier alpha value is -1.51. The number of nitrogens with zero attached hydrogens (tertiary/aromatic N) is 1. The molecule has 1 rings (SSSR count). The molecular weight excluding hydrogens is 184 g/mol. The van der Waals surface area contributed by atoms with E-state index in [1.807, 2.05) is 24.4 Å². The van der Waals surface area contributed by atoms with Gasteiger partial charge >= 0.3 is 0 Å². The number of hydrogen-bond donors (Lipinski definition) is 3. The van der Waals surface area contributed by atoms with Crippen molar-refractivity contribution >= 4 is 17.0 Å². The maximum absolute atomic E-state index is 8.66. The Morgan fingerprint density at radius 1 is 1.69 bits per heavy atom. The van der Waals surface area contributed by atoms with Crippen LogP contribution in [0.5, 0.6) is 0 Å². The molecule has 0 radical (unpaired) electrons. The summed E-state index contributed by atoms with van der Waals surface area (Å²) < 4.78 is 0.